The Bertz CT molecular complexity index is 1120. The average Bonchev–Trinajstić information content (AvgIpc) is 3.21. The lowest BCUT2D eigenvalue weighted by atomic mass is 10.00. The van der Waals surface area contributed by atoms with Gasteiger partial charge < -0.3 is 15.4 Å². The molecule has 1 aliphatic rings. The van der Waals surface area contributed by atoms with Gasteiger partial charge in [0.2, 0.25) is 0 Å². The van der Waals surface area contributed by atoms with Crippen LogP contribution < -0.4 is 15.4 Å². The third-order valence-electron chi connectivity index (χ3n) is 5.06. The normalized spacial score (nSPS) is 16.3. The van der Waals surface area contributed by atoms with Crippen LogP contribution in [0.5, 0.6) is 0 Å². The molecule has 2 aromatic carbocycles. The van der Waals surface area contributed by atoms with Gasteiger partial charge in [0.15, 0.2) is 0 Å². The second-order valence-corrected chi connectivity index (χ2v) is 11.6. The summed E-state index contributed by atoms with van der Waals surface area (Å²) in [6.07, 6.45) is 1.87. The van der Waals surface area contributed by atoms with Crippen LogP contribution in [0.1, 0.15) is 27.7 Å². The van der Waals surface area contributed by atoms with Gasteiger partial charge in [-0.15, -0.1) is 11.3 Å². The van der Waals surface area contributed by atoms with Crippen LogP contribution in [0.4, 0.5) is 11.4 Å². The zero-order chi connectivity index (χ0) is 22.9. The minimum Gasteiger partial charge on any atom is -0.388 e. The number of anilines is 2. The molecule has 0 spiro atoms. The van der Waals surface area contributed by atoms with Gasteiger partial charge in [-0.2, -0.15) is 0 Å². The molecule has 170 valence electrons. The van der Waals surface area contributed by atoms with Crippen molar-refractivity contribution >= 4 is 33.7 Å². The number of hydrogen-bond acceptors (Lipinski definition) is 6. The van der Waals surface area contributed by atoms with Gasteiger partial charge in [-0.05, 0) is 64.1 Å². The van der Waals surface area contributed by atoms with E-state index in [1.807, 2.05) is 64.3 Å². The zero-order valence-corrected chi connectivity index (χ0v) is 20.7. The molecule has 0 amide bonds. The molecule has 3 aromatic rings. The first-order valence-electron chi connectivity index (χ1n) is 10.6. The molecule has 0 radical (unpaired) electrons. The molecular weight excluding hydrogens is 440 g/mol. The number of nitrogens with one attached hydrogen (secondary N) is 3. The summed E-state index contributed by atoms with van der Waals surface area (Å²) in [5.41, 5.74) is 3.61. The van der Waals surface area contributed by atoms with E-state index in [9.17, 15) is 4.21 Å². The highest BCUT2D eigenvalue weighted by molar-refractivity contribution is 7.83. The number of hydrogen-bond donors (Lipinski definition) is 3. The van der Waals surface area contributed by atoms with E-state index < -0.39 is 11.0 Å². The first-order chi connectivity index (χ1) is 15.2. The van der Waals surface area contributed by atoms with Gasteiger partial charge in [-0.3, -0.25) is 0 Å². The van der Waals surface area contributed by atoms with Crippen molar-refractivity contribution in [1.82, 2.24) is 9.71 Å². The van der Waals surface area contributed by atoms with Crippen molar-refractivity contribution in [1.29, 1.82) is 0 Å². The molecule has 1 saturated heterocycles. The SMILES string of the molecule is CNc1ccc(-c2ncc(-c3ccc(NC4(C)COC4)cc3S(=O)NC(C)(C)C)s2)cc1. The van der Waals surface area contributed by atoms with E-state index in [0.29, 0.717) is 13.2 Å². The van der Waals surface area contributed by atoms with Crippen LogP contribution in [-0.4, -0.2) is 40.5 Å². The Morgan fingerprint density at radius 1 is 1.09 bits per heavy atom. The fourth-order valence-electron chi connectivity index (χ4n) is 3.43. The molecule has 0 bridgehead atoms. The standard InChI is InChI=1S/C24H30N4O2S2/c1-23(2,3)28-32(29)21-12-18(27-24(4)14-30-15-24)10-11-19(21)20-13-26-22(31-20)16-6-8-17(25-5)9-7-16/h6-13,25,27-28H,14-15H2,1-5H3. The van der Waals surface area contributed by atoms with Gasteiger partial charge in [-0.1, -0.05) is 6.07 Å². The molecule has 3 N–H and O–H groups in total. The minimum absolute atomic E-state index is 0.0884. The summed E-state index contributed by atoms with van der Waals surface area (Å²) >= 11 is 1.60. The molecular formula is C24H30N4O2S2. The monoisotopic (exact) mass is 470 g/mol. The highest BCUT2D eigenvalue weighted by Crippen LogP contribution is 2.37. The van der Waals surface area contributed by atoms with Gasteiger partial charge >= 0.3 is 0 Å². The number of thiazole rings is 1. The van der Waals surface area contributed by atoms with Crippen LogP contribution >= 0.6 is 11.3 Å². The summed E-state index contributed by atoms with van der Waals surface area (Å²) in [4.78, 5) is 6.38. The molecule has 0 aliphatic carbocycles. The average molecular weight is 471 g/mol. The predicted octanol–water partition coefficient (Wildman–Crippen LogP) is 5.13. The zero-order valence-electron chi connectivity index (χ0n) is 19.1. The van der Waals surface area contributed by atoms with Gasteiger partial charge in [-0.25, -0.2) is 13.9 Å². The lowest BCUT2D eigenvalue weighted by molar-refractivity contribution is -0.0318. The molecule has 1 unspecified atom stereocenters. The van der Waals surface area contributed by atoms with Crippen molar-refractivity contribution in [3.8, 4) is 21.0 Å². The van der Waals surface area contributed by atoms with Gasteiger partial charge in [0.1, 0.15) is 16.0 Å². The largest absolute Gasteiger partial charge is 0.388 e. The predicted molar refractivity (Wildman–Crippen MR) is 135 cm³/mol. The smallest absolute Gasteiger partial charge is 0.126 e. The quantitative estimate of drug-likeness (QED) is 0.446. The van der Waals surface area contributed by atoms with Crippen molar-refractivity contribution < 1.29 is 8.95 Å². The molecule has 32 heavy (non-hydrogen) atoms. The van der Waals surface area contributed by atoms with Crippen LogP contribution in [0.25, 0.3) is 21.0 Å². The minimum atomic E-state index is -1.38. The maximum atomic E-state index is 13.3. The molecule has 0 saturated carbocycles. The van der Waals surface area contributed by atoms with Gasteiger partial charge in [0, 0.05) is 41.3 Å². The lowest BCUT2D eigenvalue weighted by Crippen LogP contribution is -2.53. The fourth-order valence-corrected chi connectivity index (χ4v) is 5.73. The summed E-state index contributed by atoms with van der Waals surface area (Å²) in [5.74, 6) is 0. The molecule has 6 nitrogen and oxygen atoms in total. The maximum absolute atomic E-state index is 13.3. The second-order valence-electron chi connectivity index (χ2n) is 9.37. The summed E-state index contributed by atoms with van der Waals surface area (Å²) in [6, 6.07) is 14.2. The molecule has 2 heterocycles. The van der Waals surface area contributed by atoms with Crippen LogP contribution in [0, 0.1) is 0 Å². The number of rotatable bonds is 7. The molecule has 4 rings (SSSR count). The van der Waals surface area contributed by atoms with Gasteiger partial charge in [0.05, 0.1) is 28.5 Å². The third-order valence-corrected chi connectivity index (χ3v) is 7.67. The van der Waals surface area contributed by atoms with E-state index in [4.69, 9.17) is 4.74 Å². The Morgan fingerprint density at radius 2 is 1.78 bits per heavy atom. The Labute approximate surface area is 196 Å². The van der Waals surface area contributed by atoms with Crippen LogP contribution in [0.2, 0.25) is 0 Å². The lowest BCUT2D eigenvalue weighted by Gasteiger charge is -2.39. The van der Waals surface area contributed by atoms with Crippen LogP contribution in [-0.2, 0) is 15.7 Å². The van der Waals surface area contributed by atoms with E-state index in [2.05, 4.69) is 39.4 Å². The Hall–Kier alpha value is -2.26. The number of ether oxygens (including phenoxy) is 1. The Balaban J connectivity index is 1.68. The van der Waals surface area contributed by atoms with Crippen molar-refractivity contribution in [2.24, 2.45) is 0 Å². The number of nitrogens with zero attached hydrogens (tertiary/aromatic N) is 1. The van der Waals surface area contributed by atoms with Crippen molar-refractivity contribution in [3.63, 3.8) is 0 Å². The summed E-state index contributed by atoms with van der Waals surface area (Å²) < 4.78 is 21.9. The highest BCUT2D eigenvalue weighted by atomic mass is 32.2. The van der Waals surface area contributed by atoms with E-state index >= 15 is 0 Å². The van der Waals surface area contributed by atoms with Crippen molar-refractivity contribution in [3.05, 3.63) is 48.7 Å². The van der Waals surface area contributed by atoms with E-state index in [-0.39, 0.29) is 11.1 Å². The highest BCUT2D eigenvalue weighted by Gasteiger charge is 2.33. The number of aromatic nitrogens is 1. The van der Waals surface area contributed by atoms with Crippen LogP contribution in [0.15, 0.2) is 53.6 Å². The Kier molecular flexibility index (Phi) is 6.40. The second kappa shape index (κ2) is 8.94. The topological polar surface area (TPSA) is 75.3 Å². The Morgan fingerprint density at radius 3 is 2.38 bits per heavy atom. The summed E-state index contributed by atoms with van der Waals surface area (Å²) in [7, 11) is 0.526. The van der Waals surface area contributed by atoms with Gasteiger partial charge in [0.25, 0.3) is 0 Å². The summed E-state index contributed by atoms with van der Waals surface area (Å²) in [6.45, 7) is 9.50. The van der Waals surface area contributed by atoms with Crippen molar-refractivity contribution in [2.75, 3.05) is 30.9 Å². The maximum Gasteiger partial charge on any atom is 0.126 e. The van der Waals surface area contributed by atoms with E-state index in [0.717, 1.165) is 37.3 Å². The van der Waals surface area contributed by atoms with E-state index in [1.54, 1.807) is 11.3 Å². The third kappa shape index (κ3) is 5.20. The van der Waals surface area contributed by atoms with E-state index in [1.165, 1.54) is 0 Å². The van der Waals surface area contributed by atoms with Crippen LogP contribution in [0.3, 0.4) is 0 Å². The first-order valence-corrected chi connectivity index (χ1v) is 12.6. The van der Waals surface area contributed by atoms with Crippen molar-refractivity contribution in [2.45, 2.75) is 43.7 Å². The molecule has 1 aromatic heterocycles. The molecule has 1 atom stereocenters. The fraction of sp³-hybridized carbons (Fsp3) is 0.375. The molecule has 1 aliphatic heterocycles. The molecule has 8 heteroatoms. The first kappa shape index (κ1) is 22.9. The number of benzene rings is 2. The molecule has 1 fully saturated rings. The summed E-state index contributed by atoms with van der Waals surface area (Å²) in [5, 5.41) is 7.60.